The van der Waals surface area contributed by atoms with E-state index in [-0.39, 0.29) is 0 Å². The van der Waals surface area contributed by atoms with E-state index < -0.39 is 0 Å². The van der Waals surface area contributed by atoms with Crippen LogP contribution in [-0.2, 0) is 0 Å². The summed E-state index contributed by atoms with van der Waals surface area (Å²) in [6.45, 7) is 0. The molecule has 0 saturated carbocycles. The highest BCUT2D eigenvalue weighted by atomic mass is 15.1. The van der Waals surface area contributed by atoms with Gasteiger partial charge in [0.15, 0.2) is 0 Å². The Morgan fingerprint density at radius 3 is 1.20 bits per heavy atom. The second-order valence-corrected chi connectivity index (χ2v) is 15.7. The zero-order valence-electron chi connectivity index (χ0n) is 33.6. The van der Waals surface area contributed by atoms with Crippen molar-refractivity contribution < 1.29 is 0 Å². The summed E-state index contributed by atoms with van der Waals surface area (Å²) < 4.78 is 0. The molecule has 1 nitrogen and oxygen atoms in total. The topological polar surface area (TPSA) is 3.24 Å². The molecule has 0 aliphatic rings. The molecule has 0 N–H and O–H groups in total. The standard InChI is InChI=1S/C60H41N/c1-3-16-42(17-4-1)51-23-9-10-24-52(51)46-21-15-22-50(40-46)61(49-36-32-45(33-37-49)60-41-47-20-7-8-25-53(47)56-26-13-14-29-59(56)60)48-34-30-44(31-35-48)55-39-38-54(43-18-5-2-6-19-43)57-27-11-12-28-58(55)57/h1-41H. The van der Waals surface area contributed by atoms with Crippen molar-refractivity contribution in [3.63, 3.8) is 0 Å². The first-order valence-corrected chi connectivity index (χ1v) is 21.0. The molecule has 0 heterocycles. The van der Waals surface area contributed by atoms with Crippen LogP contribution in [-0.4, -0.2) is 0 Å². The van der Waals surface area contributed by atoms with E-state index in [9.17, 15) is 0 Å². The second kappa shape index (κ2) is 15.6. The Morgan fingerprint density at radius 2 is 0.607 bits per heavy atom. The van der Waals surface area contributed by atoms with Gasteiger partial charge in [-0.2, -0.15) is 0 Å². The number of anilines is 3. The van der Waals surface area contributed by atoms with E-state index in [2.05, 4.69) is 254 Å². The minimum absolute atomic E-state index is 1.09. The summed E-state index contributed by atoms with van der Waals surface area (Å²) in [6.07, 6.45) is 0. The fourth-order valence-electron chi connectivity index (χ4n) is 9.16. The maximum absolute atomic E-state index is 2.39. The van der Waals surface area contributed by atoms with Gasteiger partial charge in [0.25, 0.3) is 0 Å². The fraction of sp³-hybridized carbons (Fsp3) is 0. The van der Waals surface area contributed by atoms with Gasteiger partial charge in [0.05, 0.1) is 0 Å². The Balaban J connectivity index is 1.03. The van der Waals surface area contributed by atoms with Gasteiger partial charge in [-0.3, -0.25) is 0 Å². The Labute approximate surface area is 357 Å². The van der Waals surface area contributed by atoms with Crippen molar-refractivity contribution in [2.75, 3.05) is 4.90 Å². The fourth-order valence-corrected chi connectivity index (χ4v) is 9.16. The molecule has 0 saturated heterocycles. The van der Waals surface area contributed by atoms with Crippen LogP contribution < -0.4 is 4.90 Å². The summed E-state index contributed by atoms with van der Waals surface area (Å²) in [6, 6.07) is 90.3. The Bertz CT molecular complexity index is 3330. The van der Waals surface area contributed by atoms with Crippen LogP contribution in [0.2, 0.25) is 0 Å². The molecule has 1 heteroatoms. The highest BCUT2D eigenvalue weighted by Gasteiger charge is 2.17. The van der Waals surface area contributed by atoms with E-state index >= 15 is 0 Å². The molecule has 0 aliphatic heterocycles. The van der Waals surface area contributed by atoms with Crippen molar-refractivity contribution in [2.45, 2.75) is 0 Å². The normalized spacial score (nSPS) is 11.3. The Kier molecular flexibility index (Phi) is 9.26. The number of nitrogens with zero attached hydrogens (tertiary/aromatic N) is 1. The largest absolute Gasteiger partial charge is 0.310 e. The molecular formula is C60H41N. The zero-order chi connectivity index (χ0) is 40.5. The van der Waals surface area contributed by atoms with Crippen LogP contribution in [0.15, 0.2) is 249 Å². The van der Waals surface area contributed by atoms with Crippen LogP contribution >= 0.6 is 0 Å². The lowest BCUT2D eigenvalue weighted by Crippen LogP contribution is -2.10. The number of benzene rings is 11. The van der Waals surface area contributed by atoms with Crippen molar-refractivity contribution in [3.05, 3.63) is 249 Å². The molecule has 0 fully saturated rings. The van der Waals surface area contributed by atoms with Crippen LogP contribution in [0.5, 0.6) is 0 Å². The van der Waals surface area contributed by atoms with E-state index in [4.69, 9.17) is 0 Å². The Hall–Kier alpha value is -8.00. The highest BCUT2D eigenvalue weighted by molar-refractivity contribution is 6.14. The van der Waals surface area contributed by atoms with Crippen molar-refractivity contribution in [2.24, 2.45) is 0 Å². The molecule has 61 heavy (non-hydrogen) atoms. The molecule has 11 aromatic rings. The van der Waals surface area contributed by atoms with E-state index in [1.807, 2.05) is 0 Å². The molecule has 11 rings (SSSR count). The maximum atomic E-state index is 2.39. The van der Waals surface area contributed by atoms with Gasteiger partial charge < -0.3 is 4.90 Å². The van der Waals surface area contributed by atoms with Crippen molar-refractivity contribution in [1.29, 1.82) is 0 Å². The van der Waals surface area contributed by atoms with Crippen molar-refractivity contribution in [1.82, 2.24) is 0 Å². The van der Waals surface area contributed by atoms with Gasteiger partial charge in [-0.25, -0.2) is 0 Å². The first-order valence-electron chi connectivity index (χ1n) is 21.0. The van der Waals surface area contributed by atoms with E-state index in [0.717, 1.165) is 17.1 Å². The number of rotatable bonds is 8. The van der Waals surface area contributed by atoms with E-state index in [1.54, 1.807) is 0 Å². The maximum Gasteiger partial charge on any atom is 0.0467 e. The van der Waals surface area contributed by atoms with Gasteiger partial charge >= 0.3 is 0 Å². The van der Waals surface area contributed by atoms with Crippen LogP contribution in [0.25, 0.3) is 88.0 Å². The van der Waals surface area contributed by atoms with Gasteiger partial charge in [0.1, 0.15) is 0 Å². The molecule has 0 radical (unpaired) electrons. The molecule has 0 aromatic heterocycles. The molecule has 0 bridgehead atoms. The van der Waals surface area contributed by atoms with Crippen molar-refractivity contribution in [3.8, 4) is 55.6 Å². The lowest BCUT2D eigenvalue weighted by atomic mass is 9.92. The van der Waals surface area contributed by atoms with Crippen LogP contribution in [0, 0.1) is 0 Å². The first-order chi connectivity index (χ1) is 30.3. The van der Waals surface area contributed by atoms with Gasteiger partial charge in [-0.15, -0.1) is 0 Å². The summed E-state index contributed by atoms with van der Waals surface area (Å²) in [7, 11) is 0. The number of fused-ring (bicyclic) bond motifs is 4. The van der Waals surface area contributed by atoms with Gasteiger partial charge in [0.2, 0.25) is 0 Å². The lowest BCUT2D eigenvalue weighted by Gasteiger charge is -2.27. The summed E-state index contributed by atoms with van der Waals surface area (Å²) >= 11 is 0. The summed E-state index contributed by atoms with van der Waals surface area (Å²) in [5.74, 6) is 0. The smallest absolute Gasteiger partial charge is 0.0467 e. The average Bonchev–Trinajstić information content (AvgIpc) is 3.34. The molecule has 0 aliphatic carbocycles. The lowest BCUT2D eigenvalue weighted by molar-refractivity contribution is 1.28. The third-order valence-electron chi connectivity index (χ3n) is 12.1. The minimum atomic E-state index is 1.09. The molecule has 286 valence electrons. The predicted octanol–water partition coefficient (Wildman–Crippen LogP) is 17.0. The summed E-state index contributed by atoms with van der Waals surface area (Å²) in [5, 5.41) is 7.56. The average molecular weight is 776 g/mol. The van der Waals surface area contributed by atoms with Gasteiger partial charge in [-0.05, 0) is 130 Å². The molecule has 0 spiro atoms. The van der Waals surface area contributed by atoms with Crippen molar-refractivity contribution >= 4 is 49.4 Å². The van der Waals surface area contributed by atoms with E-state index in [0.29, 0.717) is 0 Å². The molecular weight excluding hydrogens is 735 g/mol. The second-order valence-electron chi connectivity index (χ2n) is 15.7. The predicted molar refractivity (Wildman–Crippen MR) is 261 cm³/mol. The summed E-state index contributed by atoms with van der Waals surface area (Å²) in [5.41, 5.74) is 15.4. The Morgan fingerprint density at radius 1 is 0.197 bits per heavy atom. The molecule has 0 unspecified atom stereocenters. The quantitative estimate of drug-likeness (QED) is 0.139. The van der Waals surface area contributed by atoms with Crippen LogP contribution in [0.4, 0.5) is 17.1 Å². The van der Waals surface area contributed by atoms with Gasteiger partial charge in [-0.1, -0.05) is 206 Å². The molecule has 0 atom stereocenters. The van der Waals surface area contributed by atoms with Crippen LogP contribution in [0.3, 0.4) is 0 Å². The van der Waals surface area contributed by atoms with E-state index in [1.165, 1.54) is 88.0 Å². The molecule has 0 amide bonds. The SMILES string of the molecule is c1ccc(-c2ccccc2-c2cccc(N(c3ccc(-c4ccc(-c5ccccc5)c5ccccc45)cc3)c3ccc(-c4cc5ccccc5c5ccccc45)cc3)c2)cc1. The monoisotopic (exact) mass is 775 g/mol. The highest BCUT2D eigenvalue weighted by Crippen LogP contribution is 2.42. The third-order valence-corrected chi connectivity index (χ3v) is 12.1. The molecule has 11 aromatic carbocycles. The van der Waals surface area contributed by atoms with Gasteiger partial charge in [0, 0.05) is 17.1 Å². The number of hydrogen-bond acceptors (Lipinski definition) is 1. The zero-order valence-corrected chi connectivity index (χ0v) is 33.6. The summed E-state index contributed by atoms with van der Waals surface area (Å²) in [4.78, 5) is 2.39. The third kappa shape index (κ3) is 6.73. The number of hydrogen-bond donors (Lipinski definition) is 0. The minimum Gasteiger partial charge on any atom is -0.310 e. The van der Waals surface area contributed by atoms with Crippen LogP contribution in [0.1, 0.15) is 0 Å². The first kappa shape index (κ1) is 36.1.